The van der Waals surface area contributed by atoms with Gasteiger partial charge >= 0.3 is 0 Å². The first-order chi connectivity index (χ1) is 7.72. The van der Waals surface area contributed by atoms with Crippen LogP contribution in [0.15, 0.2) is 5.38 Å². The number of amides is 1. The minimum absolute atomic E-state index is 0.115. The molecule has 2 N–H and O–H groups in total. The van der Waals surface area contributed by atoms with Crippen LogP contribution in [-0.4, -0.2) is 24.0 Å². The summed E-state index contributed by atoms with van der Waals surface area (Å²) in [6, 6.07) is 0. The summed E-state index contributed by atoms with van der Waals surface area (Å²) in [4.78, 5) is 15.6. The van der Waals surface area contributed by atoms with E-state index in [1.165, 1.54) is 0 Å². The van der Waals surface area contributed by atoms with E-state index in [9.17, 15) is 4.79 Å². The van der Waals surface area contributed by atoms with E-state index in [-0.39, 0.29) is 5.91 Å². The summed E-state index contributed by atoms with van der Waals surface area (Å²) in [5, 5.41) is 9.16. The van der Waals surface area contributed by atoms with E-state index in [2.05, 4.69) is 15.6 Å². The maximum Gasteiger partial charge on any atom is 0.221 e. The Morgan fingerprint density at radius 3 is 2.94 bits per heavy atom. The quantitative estimate of drug-likeness (QED) is 0.711. The summed E-state index contributed by atoms with van der Waals surface area (Å²) in [6.45, 7) is 6.25. The molecule has 0 unspecified atom stereocenters. The molecule has 0 radical (unpaired) electrons. The molecule has 0 saturated carbocycles. The van der Waals surface area contributed by atoms with E-state index in [4.69, 9.17) is 0 Å². The minimum atomic E-state index is 0.115. The topological polar surface area (TPSA) is 54.0 Å². The fourth-order valence-corrected chi connectivity index (χ4v) is 1.98. The van der Waals surface area contributed by atoms with Gasteiger partial charge in [-0.3, -0.25) is 4.79 Å². The summed E-state index contributed by atoms with van der Waals surface area (Å²) in [7, 11) is 0. The van der Waals surface area contributed by atoms with Crippen molar-refractivity contribution in [2.75, 3.05) is 13.1 Å². The first-order valence-electron chi connectivity index (χ1n) is 5.60. The molecular formula is C11H19N3OS. The predicted octanol–water partition coefficient (Wildman–Crippen LogP) is 1.46. The highest BCUT2D eigenvalue weighted by Crippen LogP contribution is 2.07. The van der Waals surface area contributed by atoms with Crippen molar-refractivity contribution in [3.8, 4) is 0 Å². The van der Waals surface area contributed by atoms with E-state index < -0.39 is 0 Å². The zero-order valence-electron chi connectivity index (χ0n) is 9.88. The Bertz CT molecular complexity index is 325. The normalized spacial score (nSPS) is 10.4. The average Bonchev–Trinajstić information content (AvgIpc) is 2.67. The summed E-state index contributed by atoms with van der Waals surface area (Å²) in [6.07, 6.45) is 1.52. The molecule has 0 bridgehead atoms. The lowest BCUT2D eigenvalue weighted by atomic mass is 10.3. The first kappa shape index (κ1) is 13.1. The third kappa shape index (κ3) is 5.23. The zero-order valence-corrected chi connectivity index (χ0v) is 10.7. The number of nitrogens with one attached hydrogen (secondary N) is 2. The molecule has 1 heterocycles. The zero-order chi connectivity index (χ0) is 11.8. The summed E-state index contributed by atoms with van der Waals surface area (Å²) in [5.41, 5.74) is 1.06. The standard InChI is InChI=1S/C11H19N3OS/c1-3-5-13-10(15)4-6-12-7-11-14-9(2)8-16-11/h8,12H,3-7H2,1-2H3,(H,13,15). The van der Waals surface area contributed by atoms with Gasteiger partial charge in [0.15, 0.2) is 0 Å². The molecule has 1 aromatic rings. The van der Waals surface area contributed by atoms with Gasteiger partial charge in [-0.05, 0) is 13.3 Å². The van der Waals surface area contributed by atoms with Crippen molar-refractivity contribution in [3.63, 3.8) is 0 Å². The number of rotatable bonds is 7. The van der Waals surface area contributed by atoms with Gasteiger partial charge < -0.3 is 10.6 Å². The van der Waals surface area contributed by atoms with Crippen LogP contribution in [0.5, 0.6) is 0 Å². The molecule has 1 aromatic heterocycles. The molecule has 16 heavy (non-hydrogen) atoms. The molecule has 5 heteroatoms. The lowest BCUT2D eigenvalue weighted by molar-refractivity contribution is -0.120. The molecule has 0 aliphatic carbocycles. The van der Waals surface area contributed by atoms with Crippen molar-refractivity contribution in [3.05, 3.63) is 16.1 Å². The van der Waals surface area contributed by atoms with Gasteiger partial charge in [0.05, 0.1) is 0 Å². The van der Waals surface area contributed by atoms with E-state index in [1.54, 1.807) is 11.3 Å². The van der Waals surface area contributed by atoms with Gasteiger partial charge in [0, 0.05) is 37.1 Å². The Morgan fingerprint density at radius 1 is 1.50 bits per heavy atom. The molecule has 90 valence electrons. The van der Waals surface area contributed by atoms with Crippen molar-refractivity contribution in [1.29, 1.82) is 0 Å². The SMILES string of the molecule is CCCNC(=O)CCNCc1nc(C)cs1. The number of aryl methyl sites for hydroxylation is 1. The second kappa shape index (κ2) is 7.35. The lowest BCUT2D eigenvalue weighted by Gasteiger charge is -2.03. The van der Waals surface area contributed by atoms with Gasteiger partial charge in [-0.1, -0.05) is 6.92 Å². The van der Waals surface area contributed by atoms with E-state index in [0.717, 1.165) is 30.2 Å². The molecule has 0 atom stereocenters. The number of carbonyl (C=O) groups excluding carboxylic acids is 1. The highest BCUT2D eigenvalue weighted by Gasteiger charge is 2.00. The molecule has 0 spiro atoms. The molecular weight excluding hydrogens is 222 g/mol. The van der Waals surface area contributed by atoms with Crippen molar-refractivity contribution in [2.45, 2.75) is 33.2 Å². The number of hydrogen-bond donors (Lipinski definition) is 2. The maximum absolute atomic E-state index is 11.3. The van der Waals surface area contributed by atoms with Crippen molar-refractivity contribution in [2.24, 2.45) is 0 Å². The summed E-state index contributed by atoms with van der Waals surface area (Å²) >= 11 is 1.65. The number of aromatic nitrogens is 1. The van der Waals surface area contributed by atoms with E-state index in [0.29, 0.717) is 13.0 Å². The molecule has 0 aromatic carbocycles. The smallest absolute Gasteiger partial charge is 0.221 e. The van der Waals surface area contributed by atoms with Crippen molar-refractivity contribution in [1.82, 2.24) is 15.6 Å². The van der Waals surface area contributed by atoms with Gasteiger partial charge in [0.25, 0.3) is 0 Å². The number of carbonyl (C=O) groups is 1. The number of hydrogen-bond acceptors (Lipinski definition) is 4. The van der Waals surface area contributed by atoms with Gasteiger partial charge in [-0.2, -0.15) is 0 Å². The second-order valence-electron chi connectivity index (χ2n) is 3.66. The third-order valence-electron chi connectivity index (χ3n) is 2.04. The largest absolute Gasteiger partial charge is 0.356 e. The number of nitrogens with zero attached hydrogens (tertiary/aromatic N) is 1. The minimum Gasteiger partial charge on any atom is -0.356 e. The molecule has 0 aliphatic rings. The second-order valence-corrected chi connectivity index (χ2v) is 4.60. The van der Waals surface area contributed by atoms with Crippen LogP contribution in [-0.2, 0) is 11.3 Å². The van der Waals surface area contributed by atoms with Crippen LogP contribution in [0.2, 0.25) is 0 Å². The molecule has 1 amide bonds. The molecule has 0 saturated heterocycles. The van der Waals surface area contributed by atoms with Crippen LogP contribution < -0.4 is 10.6 Å². The molecule has 4 nitrogen and oxygen atoms in total. The Morgan fingerprint density at radius 2 is 2.31 bits per heavy atom. The monoisotopic (exact) mass is 241 g/mol. The van der Waals surface area contributed by atoms with Crippen molar-refractivity contribution >= 4 is 17.2 Å². The van der Waals surface area contributed by atoms with Crippen LogP contribution in [0.25, 0.3) is 0 Å². The molecule has 0 aliphatic heterocycles. The molecule has 1 rings (SSSR count). The van der Waals surface area contributed by atoms with Crippen molar-refractivity contribution < 1.29 is 4.79 Å². The van der Waals surface area contributed by atoms with Gasteiger partial charge in [-0.15, -0.1) is 11.3 Å². The highest BCUT2D eigenvalue weighted by atomic mass is 32.1. The maximum atomic E-state index is 11.3. The number of thiazole rings is 1. The summed E-state index contributed by atoms with van der Waals surface area (Å²) in [5.74, 6) is 0.115. The fourth-order valence-electron chi connectivity index (χ4n) is 1.23. The Balaban J connectivity index is 2.05. The Kier molecular flexibility index (Phi) is 6.03. The van der Waals surface area contributed by atoms with Crippen LogP contribution >= 0.6 is 11.3 Å². The first-order valence-corrected chi connectivity index (χ1v) is 6.48. The van der Waals surface area contributed by atoms with Crippen LogP contribution in [0, 0.1) is 6.92 Å². The van der Waals surface area contributed by atoms with E-state index in [1.807, 2.05) is 19.2 Å². The van der Waals surface area contributed by atoms with E-state index >= 15 is 0 Å². The van der Waals surface area contributed by atoms with Gasteiger partial charge in [0.1, 0.15) is 5.01 Å². The molecule has 0 fully saturated rings. The lowest BCUT2D eigenvalue weighted by Crippen LogP contribution is -2.27. The Hall–Kier alpha value is -0.940. The van der Waals surface area contributed by atoms with Gasteiger partial charge in [0.2, 0.25) is 5.91 Å². The third-order valence-corrected chi connectivity index (χ3v) is 3.01. The Labute approximate surface area is 100 Å². The summed E-state index contributed by atoms with van der Waals surface area (Å²) < 4.78 is 0. The average molecular weight is 241 g/mol. The fraction of sp³-hybridized carbons (Fsp3) is 0.636. The predicted molar refractivity (Wildman–Crippen MR) is 66.5 cm³/mol. The van der Waals surface area contributed by atoms with Crippen LogP contribution in [0.4, 0.5) is 0 Å². The highest BCUT2D eigenvalue weighted by molar-refractivity contribution is 7.09. The van der Waals surface area contributed by atoms with Gasteiger partial charge in [-0.25, -0.2) is 4.98 Å². The van der Waals surface area contributed by atoms with Crippen LogP contribution in [0.3, 0.4) is 0 Å². The van der Waals surface area contributed by atoms with Crippen LogP contribution in [0.1, 0.15) is 30.5 Å².